The van der Waals surface area contributed by atoms with Crippen LogP contribution in [0.1, 0.15) is 17.2 Å². The Bertz CT molecular complexity index is 694. The Hall–Kier alpha value is -1.56. The summed E-state index contributed by atoms with van der Waals surface area (Å²) in [6, 6.07) is 15.5. The molecule has 0 aromatic heterocycles. The lowest BCUT2D eigenvalue weighted by Gasteiger charge is -2.33. The van der Waals surface area contributed by atoms with E-state index in [1.807, 2.05) is 53.4 Å². The van der Waals surface area contributed by atoms with Crippen LogP contribution in [-0.2, 0) is 16.0 Å². The fourth-order valence-corrected chi connectivity index (χ4v) is 3.12. The van der Waals surface area contributed by atoms with E-state index < -0.39 is 0 Å². The standard InChI is InChI=1S/C18H19BrN2O2.ClH/c19-15-3-1-2-14(11-15)17-12-21(8-9-23-17)18(22)10-13-4-6-16(20)7-5-13;/h1-7,11,17H,8-10,12,20H2;1H. The van der Waals surface area contributed by atoms with Gasteiger partial charge in [0, 0.05) is 16.7 Å². The highest BCUT2D eigenvalue weighted by Gasteiger charge is 2.25. The number of nitrogens with zero attached hydrogens (tertiary/aromatic N) is 1. The second kappa shape index (κ2) is 8.51. The van der Waals surface area contributed by atoms with Crippen molar-refractivity contribution in [3.05, 3.63) is 64.1 Å². The fraction of sp³-hybridized carbons (Fsp3) is 0.278. The van der Waals surface area contributed by atoms with Crippen molar-refractivity contribution in [1.82, 2.24) is 4.90 Å². The topological polar surface area (TPSA) is 55.6 Å². The van der Waals surface area contributed by atoms with Crippen LogP contribution in [0.4, 0.5) is 5.69 Å². The molecule has 1 atom stereocenters. The van der Waals surface area contributed by atoms with Crippen LogP contribution < -0.4 is 5.73 Å². The summed E-state index contributed by atoms with van der Waals surface area (Å²) >= 11 is 3.48. The Kier molecular flexibility index (Phi) is 6.66. The van der Waals surface area contributed by atoms with Crippen molar-refractivity contribution in [3.63, 3.8) is 0 Å². The molecule has 3 rings (SSSR count). The zero-order chi connectivity index (χ0) is 16.2. The summed E-state index contributed by atoms with van der Waals surface area (Å²) in [6.07, 6.45) is 0.322. The van der Waals surface area contributed by atoms with Crippen LogP contribution in [0.2, 0.25) is 0 Å². The SMILES string of the molecule is Cl.Nc1ccc(CC(=O)N2CCOC(c3cccc(Br)c3)C2)cc1. The van der Waals surface area contributed by atoms with Gasteiger partial charge in [0.25, 0.3) is 0 Å². The molecule has 24 heavy (non-hydrogen) atoms. The molecule has 0 aliphatic carbocycles. The average Bonchev–Trinajstić information content (AvgIpc) is 2.57. The third-order valence-electron chi connectivity index (χ3n) is 3.97. The number of anilines is 1. The first-order chi connectivity index (χ1) is 11.1. The normalized spacial score (nSPS) is 17.2. The van der Waals surface area contributed by atoms with Crippen LogP contribution in [0.3, 0.4) is 0 Å². The molecule has 1 saturated heterocycles. The minimum Gasteiger partial charge on any atom is -0.399 e. The molecule has 2 aromatic rings. The molecular weight excluding hydrogens is 392 g/mol. The zero-order valence-corrected chi connectivity index (χ0v) is 15.6. The summed E-state index contributed by atoms with van der Waals surface area (Å²) in [7, 11) is 0. The predicted octanol–water partition coefficient (Wildman–Crippen LogP) is 3.60. The Labute approximate surface area is 156 Å². The number of amides is 1. The largest absolute Gasteiger partial charge is 0.399 e. The average molecular weight is 412 g/mol. The van der Waals surface area contributed by atoms with Crippen molar-refractivity contribution >= 4 is 39.9 Å². The Morgan fingerprint density at radius 2 is 2.00 bits per heavy atom. The van der Waals surface area contributed by atoms with E-state index in [1.54, 1.807) is 0 Å². The highest BCUT2D eigenvalue weighted by Crippen LogP contribution is 2.25. The molecule has 1 unspecified atom stereocenters. The molecule has 6 heteroatoms. The van der Waals surface area contributed by atoms with Crippen molar-refractivity contribution < 1.29 is 9.53 Å². The van der Waals surface area contributed by atoms with Gasteiger partial charge in [0.05, 0.1) is 19.6 Å². The van der Waals surface area contributed by atoms with Crippen LogP contribution in [0.15, 0.2) is 53.0 Å². The molecule has 4 nitrogen and oxygen atoms in total. The van der Waals surface area contributed by atoms with Crippen LogP contribution in [0.5, 0.6) is 0 Å². The molecule has 0 spiro atoms. The van der Waals surface area contributed by atoms with Gasteiger partial charge in [-0.05, 0) is 35.4 Å². The van der Waals surface area contributed by atoms with E-state index >= 15 is 0 Å². The van der Waals surface area contributed by atoms with Crippen molar-refractivity contribution in [2.24, 2.45) is 0 Å². The van der Waals surface area contributed by atoms with Gasteiger partial charge in [-0.1, -0.05) is 40.2 Å². The summed E-state index contributed by atoms with van der Waals surface area (Å²) in [5.41, 5.74) is 8.46. The van der Waals surface area contributed by atoms with Crippen molar-refractivity contribution in [3.8, 4) is 0 Å². The lowest BCUT2D eigenvalue weighted by molar-refractivity contribution is -0.138. The first-order valence-corrected chi connectivity index (χ1v) is 8.40. The minimum atomic E-state index is -0.0726. The lowest BCUT2D eigenvalue weighted by Crippen LogP contribution is -2.43. The van der Waals surface area contributed by atoms with Gasteiger partial charge in [0.1, 0.15) is 6.10 Å². The second-order valence-corrected chi connectivity index (χ2v) is 6.59. The van der Waals surface area contributed by atoms with Crippen molar-refractivity contribution in [2.45, 2.75) is 12.5 Å². The van der Waals surface area contributed by atoms with Gasteiger partial charge in [-0.3, -0.25) is 4.79 Å². The Balaban J connectivity index is 0.00000208. The number of rotatable bonds is 3. The molecule has 128 valence electrons. The number of nitrogen functional groups attached to an aromatic ring is 1. The first kappa shape index (κ1) is 18.8. The van der Waals surface area contributed by atoms with Gasteiger partial charge in [0.15, 0.2) is 0 Å². The first-order valence-electron chi connectivity index (χ1n) is 7.61. The highest BCUT2D eigenvalue weighted by molar-refractivity contribution is 9.10. The minimum absolute atomic E-state index is 0. The Morgan fingerprint density at radius 3 is 2.71 bits per heavy atom. The zero-order valence-electron chi connectivity index (χ0n) is 13.2. The molecule has 0 radical (unpaired) electrons. The molecule has 2 aromatic carbocycles. The number of hydrogen-bond acceptors (Lipinski definition) is 3. The number of hydrogen-bond donors (Lipinski definition) is 1. The molecule has 0 saturated carbocycles. The number of benzene rings is 2. The van der Waals surface area contributed by atoms with E-state index in [4.69, 9.17) is 10.5 Å². The maximum absolute atomic E-state index is 12.5. The van der Waals surface area contributed by atoms with Crippen LogP contribution in [-0.4, -0.2) is 30.5 Å². The molecule has 1 amide bonds. The third kappa shape index (κ3) is 4.72. The van der Waals surface area contributed by atoms with Gasteiger partial charge in [-0.15, -0.1) is 12.4 Å². The maximum atomic E-state index is 12.5. The summed E-state index contributed by atoms with van der Waals surface area (Å²) in [5.74, 6) is 0.123. The molecular formula is C18H20BrClN2O2. The monoisotopic (exact) mass is 410 g/mol. The summed E-state index contributed by atoms with van der Waals surface area (Å²) < 4.78 is 6.85. The number of nitrogens with two attached hydrogens (primary N) is 1. The molecule has 1 heterocycles. The van der Waals surface area contributed by atoms with Crippen molar-refractivity contribution in [2.75, 3.05) is 25.4 Å². The molecule has 1 fully saturated rings. The number of carbonyl (C=O) groups excluding carboxylic acids is 1. The Morgan fingerprint density at radius 1 is 1.25 bits per heavy atom. The van der Waals surface area contributed by atoms with E-state index in [0.717, 1.165) is 15.6 Å². The van der Waals surface area contributed by atoms with Gasteiger partial charge >= 0.3 is 0 Å². The van der Waals surface area contributed by atoms with Crippen LogP contribution >= 0.6 is 28.3 Å². The smallest absolute Gasteiger partial charge is 0.227 e. The molecule has 1 aliphatic rings. The van der Waals surface area contributed by atoms with Gasteiger partial charge in [0.2, 0.25) is 5.91 Å². The third-order valence-corrected chi connectivity index (χ3v) is 4.47. The highest BCUT2D eigenvalue weighted by atomic mass is 79.9. The van der Waals surface area contributed by atoms with Crippen LogP contribution in [0, 0.1) is 0 Å². The molecule has 2 N–H and O–H groups in total. The quantitative estimate of drug-likeness (QED) is 0.785. The molecule has 1 aliphatic heterocycles. The summed E-state index contributed by atoms with van der Waals surface area (Å²) in [5, 5.41) is 0. The fourth-order valence-electron chi connectivity index (χ4n) is 2.71. The second-order valence-electron chi connectivity index (χ2n) is 5.67. The van der Waals surface area contributed by atoms with Gasteiger partial charge in [-0.25, -0.2) is 0 Å². The predicted molar refractivity (Wildman–Crippen MR) is 101 cm³/mol. The maximum Gasteiger partial charge on any atom is 0.227 e. The lowest BCUT2D eigenvalue weighted by atomic mass is 10.1. The summed E-state index contributed by atoms with van der Waals surface area (Å²) in [4.78, 5) is 14.4. The van der Waals surface area contributed by atoms with E-state index in [-0.39, 0.29) is 24.4 Å². The van der Waals surface area contributed by atoms with Gasteiger partial charge < -0.3 is 15.4 Å². The molecule has 0 bridgehead atoms. The number of carbonyl (C=O) groups is 1. The number of ether oxygens (including phenoxy) is 1. The summed E-state index contributed by atoms with van der Waals surface area (Å²) in [6.45, 7) is 1.78. The van der Waals surface area contributed by atoms with Gasteiger partial charge in [-0.2, -0.15) is 0 Å². The van der Waals surface area contributed by atoms with Crippen molar-refractivity contribution in [1.29, 1.82) is 0 Å². The van der Waals surface area contributed by atoms with E-state index in [9.17, 15) is 4.79 Å². The van der Waals surface area contributed by atoms with E-state index in [1.165, 1.54) is 0 Å². The van der Waals surface area contributed by atoms with E-state index in [2.05, 4.69) is 15.9 Å². The van der Waals surface area contributed by atoms with E-state index in [0.29, 0.717) is 31.8 Å². The number of morpholine rings is 1. The number of halogens is 2. The van der Waals surface area contributed by atoms with Crippen LogP contribution in [0.25, 0.3) is 0 Å².